The maximum atomic E-state index is 5.52. The fourth-order valence-electron chi connectivity index (χ4n) is 2.32. The summed E-state index contributed by atoms with van der Waals surface area (Å²) in [5, 5.41) is 0. The van der Waals surface area contributed by atoms with Crippen molar-refractivity contribution in [3.8, 4) is 0 Å². The molecule has 1 aliphatic carbocycles. The SMILES string of the molecule is CC(C)C1CCC2OCOC2C1. The Kier molecular flexibility index (Phi) is 2.37. The molecule has 0 amide bonds. The van der Waals surface area contributed by atoms with Crippen LogP contribution in [0.4, 0.5) is 0 Å². The van der Waals surface area contributed by atoms with Gasteiger partial charge in [0, 0.05) is 0 Å². The van der Waals surface area contributed by atoms with Crippen molar-refractivity contribution in [1.82, 2.24) is 0 Å². The van der Waals surface area contributed by atoms with Gasteiger partial charge in [-0.25, -0.2) is 0 Å². The van der Waals surface area contributed by atoms with E-state index in [9.17, 15) is 0 Å². The molecule has 0 radical (unpaired) electrons. The van der Waals surface area contributed by atoms with Crippen molar-refractivity contribution >= 4 is 0 Å². The zero-order valence-corrected chi connectivity index (χ0v) is 7.95. The Morgan fingerprint density at radius 2 is 1.83 bits per heavy atom. The Morgan fingerprint density at radius 1 is 1.08 bits per heavy atom. The Balaban J connectivity index is 1.92. The maximum absolute atomic E-state index is 5.52. The Morgan fingerprint density at radius 3 is 2.58 bits per heavy atom. The minimum absolute atomic E-state index is 0.408. The summed E-state index contributed by atoms with van der Waals surface area (Å²) in [6.45, 7) is 5.14. The van der Waals surface area contributed by atoms with Crippen molar-refractivity contribution in [2.45, 2.75) is 45.3 Å². The van der Waals surface area contributed by atoms with Gasteiger partial charge < -0.3 is 9.47 Å². The standard InChI is InChI=1S/C10H18O2/c1-7(2)8-3-4-9-10(5-8)12-6-11-9/h7-10H,3-6H2,1-2H3. The van der Waals surface area contributed by atoms with E-state index in [1.54, 1.807) is 0 Å². The Labute approximate surface area is 74.2 Å². The van der Waals surface area contributed by atoms with Gasteiger partial charge in [0.2, 0.25) is 0 Å². The van der Waals surface area contributed by atoms with Crippen LogP contribution in [0.3, 0.4) is 0 Å². The summed E-state index contributed by atoms with van der Waals surface area (Å²) < 4.78 is 11.0. The van der Waals surface area contributed by atoms with Crippen LogP contribution in [0.5, 0.6) is 0 Å². The van der Waals surface area contributed by atoms with E-state index in [2.05, 4.69) is 13.8 Å². The molecule has 0 bridgehead atoms. The highest BCUT2D eigenvalue weighted by molar-refractivity contribution is 4.84. The average Bonchev–Trinajstić information content (AvgIpc) is 2.49. The van der Waals surface area contributed by atoms with Crippen LogP contribution in [0, 0.1) is 11.8 Å². The van der Waals surface area contributed by atoms with Crippen molar-refractivity contribution in [2.24, 2.45) is 11.8 Å². The van der Waals surface area contributed by atoms with Crippen LogP contribution in [0.2, 0.25) is 0 Å². The second-order valence-corrected chi connectivity index (χ2v) is 4.35. The molecule has 1 saturated heterocycles. The molecule has 1 aliphatic heterocycles. The molecule has 2 fully saturated rings. The lowest BCUT2D eigenvalue weighted by Crippen LogP contribution is -2.32. The molecule has 2 aliphatic rings. The largest absolute Gasteiger partial charge is 0.349 e. The summed E-state index contributed by atoms with van der Waals surface area (Å²) in [7, 11) is 0. The van der Waals surface area contributed by atoms with E-state index >= 15 is 0 Å². The first-order valence-corrected chi connectivity index (χ1v) is 5.00. The quantitative estimate of drug-likeness (QED) is 0.600. The molecule has 0 N–H and O–H groups in total. The van der Waals surface area contributed by atoms with Crippen LogP contribution >= 0.6 is 0 Å². The lowest BCUT2D eigenvalue weighted by Gasteiger charge is -2.31. The average molecular weight is 170 g/mol. The minimum Gasteiger partial charge on any atom is -0.349 e. The highest BCUT2D eigenvalue weighted by Gasteiger charge is 2.36. The van der Waals surface area contributed by atoms with Gasteiger partial charge in [-0.1, -0.05) is 13.8 Å². The van der Waals surface area contributed by atoms with Crippen LogP contribution < -0.4 is 0 Å². The van der Waals surface area contributed by atoms with E-state index in [0.29, 0.717) is 19.0 Å². The fourth-order valence-corrected chi connectivity index (χ4v) is 2.32. The summed E-state index contributed by atoms with van der Waals surface area (Å²) in [5.41, 5.74) is 0. The van der Waals surface area contributed by atoms with Gasteiger partial charge in [-0.3, -0.25) is 0 Å². The van der Waals surface area contributed by atoms with E-state index in [-0.39, 0.29) is 0 Å². The molecule has 2 nitrogen and oxygen atoms in total. The van der Waals surface area contributed by atoms with E-state index in [1.165, 1.54) is 19.3 Å². The lowest BCUT2D eigenvalue weighted by molar-refractivity contribution is 0.0380. The first-order valence-electron chi connectivity index (χ1n) is 5.00. The second kappa shape index (κ2) is 3.35. The molecule has 0 aromatic carbocycles. The fraction of sp³-hybridized carbons (Fsp3) is 1.00. The molecule has 12 heavy (non-hydrogen) atoms. The molecule has 3 unspecified atom stereocenters. The number of hydrogen-bond donors (Lipinski definition) is 0. The highest BCUT2D eigenvalue weighted by Crippen LogP contribution is 2.35. The molecular weight excluding hydrogens is 152 g/mol. The van der Waals surface area contributed by atoms with Gasteiger partial charge in [0.05, 0.1) is 12.2 Å². The first-order chi connectivity index (χ1) is 5.77. The predicted octanol–water partition coefficient (Wildman–Crippen LogP) is 2.18. The molecule has 0 aromatic heterocycles. The smallest absolute Gasteiger partial charge is 0.147 e. The van der Waals surface area contributed by atoms with Crippen LogP contribution in [0.15, 0.2) is 0 Å². The van der Waals surface area contributed by atoms with Crippen LogP contribution in [-0.4, -0.2) is 19.0 Å². The topological polar surface area (TPSA) is 18.5 Å². The van der Waals surface area contributed by atoms with E-state index in [4.69, 9.17) is 9.47 Å². The molecule has 3 atom stereocenters. The van der Waals surface area contributed by atoms with E-state index < -0.39 is 0 Å². The molecular formula is C10H18O2. The zero-order valence-electron chi connectivity index (χ0n) is 7.95. The molecule has 2 heteroatoms. The number of hydrogen-bond acceptors (Lipinski definition) is 2. The third-order valence-corrected chi connectivity index (χ3v) is 3.28. The van der Waals surface area contributed by atoms with Crippen LogP contribution in [-0.2, 0) is 9.47 Å². The summed E-state index contributed by atoms with van der Waals surface area (Å²) in [4.78, 5) is 0. The van der Waals surface area contributed by atoms with Gasteiger partial charge >= 0.3 is 0 Å². The van der Waals surface area contributed by atoms with Gasteiger partial charge in [0.1, 0.15) is 6.79 Å². The first kappa shape index (κ1) is 8.52. The van der Waals surface area contributed by atoms with Crippen LogP contribution in [0.25, 0.3) is 0 Å². The van der Waals surface area contributed by atoms with Gasteiger partial charge in [-0.15, -0.1) is 0 Å². The highest BCUT2D eigenvalue weighted by atomic mass is 16.7. The summed E-state index contributed by atoms with van der Waals surface area (Å²) in [6.07, 6.45) is 4.56. The normalized spacial score (nSPS) is 41.8. The van der Waals surface area contributed by atoms with Crippen molar-refractivity contribution < 1.29 is 9.47 Å². The third kappa shape index (κ3) is 1.50. The minimum atomic E-state index is 0.408. The number of ether oxygens (including phenoxy) is 2. The molecule has 0 spiro atoms. The lowest BCUT2D eigenvalue weighted by atomic mass is 9.79. The monoisotopic (exact) mass is 170 g/mol. The predicted molar refractivity (Wildman–Crippen MR) is 46.8 cm³/mol. The summed E-state index contributed by atoms with van der Waals surface area (Å²) >= 11 is 0. The molecule has 0 aromatic rings. The van der Waals surface area contributed by atoms with E-state index in [0.717, 1.165) is 11.8 Å². The summed E-state index contributed by atoms with van der Waals surface area (Å²) in [6, 6.07) is 0. The van der Waals surface area contributed by atoms with Crippen molar-refractivity contribution in [3.05, 3.63) is 0 Å². The third-order valence-electron chi connectivity index (χ3n) is 3.28. The molecule has 1 heterocycles. The molecule has 2 rings (SSSR count). The van der Waals surface area contributed by atoms with Crippen LogP contribution in [0.1, 0.15) is 33.1 Å². The Hall–Kier alpha value is -0.0800. The van der Waals surface area contributed by atoms with Gasteiger partial charge in [0.15, 0.2) is 0 Å². The Bertz CT molecular complexity index is 156. The number of fused-ring (bicyclic) bond motifs is 1. The van der Waals surface area contributed by atoms with Crippen molar-refractivity contribution in [3.63, 3.8) is 0 Å². The van der Waals surface area contributed by atoms with Crippen molar-refractivity contribution in [1.29, 1.82) is 0 Å². The van der Waals surface area contributed by atoms with Gasteiger partial charge in [0.25, 0.3) is 0 Å². The number of rotatable bonds is 1. The van der Waals surface area contributed by atoms with Gasteiger partial charge in [-0.2, -0.15) is 0 Å². The van der Waals surface area contributed by atoms with Crippen molar-refractivity contribution in [2.75, 3.05) is 6.79 Å². The molecule has 1 saturated carbocycles. The zero-order chi connectivity index (χ0) is 8.55. The second-order valence-electron chi connectivity index (χ2n) is 4.35. The van der Waals surface area contributed by atoms with Gasteiger partial charge in [-0.05, 0) is 31.1 Å². The molecule has 70 valence electrons. The van der Waals surface area contributed by atoms with E-state index in [1.807, 2.05) is 0 Å². The summed E-state index contributed by atoms with van der Waals surface area (Å²) in [5.74, 6) is 1.66. The maximum Gasteiger partial charge on any atom is 0.147 e.